The van der Waals surface area contributed by atoms with E-state index in [1.54, 1.807) is 0 Å². The Bertz CT molecular complexity index is 253. The number of hydrogen-bond donors (Lipinski definition) is 1. The molecule has 2 unspecified atom stereocenters. The van der Waals surface area contributed by atoms with Crippen molar-refractivity contribution in [3.05, 3.63) is 0 Å². The van der Waals surface area contributed by atoms with Gasteiger partial charge >= 0.3 is 0 Å². The summed E-state index contributed by atoms with van der Waals surface area (Å²) in [5, 5.41) is 3.81. The first-order chi connectivity index (χ1) is 9.63. The van der Waals surface area contributed by atoms with Crippen LogP contribution in [0.5, 0.6) is 0 Å². The highest BCUT2D eigenvalue weighted by molar-refractivity contribution is 4.98. The van der Waals surface area contributed by atoms with Gasteiger partial charge in [-0.3, -0.25) is 4.90 Å². The summed E-state index contributed by atoms with van der Waals surface area (Å²) in [5.74, 6) is 0.751. The van der Waals surface area contributed by atoms with E-state index >= 15 is 0 Å². The molecule has 3 heteroatoms. The smallest absolute Gasteiger partial charge is 0.0593 e. The second kappa shape index (κ2) is 9.01. The highest BCUT2D eigenvalue weighted by Gasteiger charge is 2.39. The maximum Gasteiger partial charge on any atom is 0.0593 e. The topological polar surface area (TPSA) is 24.5 Å². The summed E-state index contributed by atoms with van der Waals surface area (Å²) in [6.45, 7) is 16.6. The average molecular weight is 284 g/mol. The lowest BCUT2D eigenvalue weighted by Crippen LogP contribution is -2.65. The van der Waals surface area contributed by atoms with Crippen LogP contribution in [0, 0.1) is 5.92 Å². The van der Waals surface area contributed by atoms with Gasteiger partial charge in [0.15, 0.2) is 0 Å². The fourth-order valence-electron chi connectivity index (χ4n) is 3.29. The first-order valence-electron chi connectivity index (χ1n) is 8.69. The molecule has 0 amide bonds. The fraction of sp³-hybridized carbons (Fsp3) is 1.00. The highest BCUT2D eigenvalue weighted by Crippen LogP contribution is 2.28. The number of hydrogen-bond acceptors (Lipinski definition) is 3. The van der Waals surface area contributed by atoms with Crippen LogP contribution >= 0.6 is 0 Å². The summed E-state index contributed by atoms with van der Waals surface area (Å²) in [6, 6.07) is 0.636. The van der Waals surface area contributed by atoms with Crippen LogP contribution in [0.2, 0.25) is 0 Å². The molecule has 0 saturated carbocycles. The van der Waals surface area contributed by atoms with Crippen LogP contribution in [-0.2, 0) is 4.74 Å². The van der Waals surface area contributed by atoms with E-state index in [9.17, 15) is 0 Å². The average Bonchev–Trinajstić information content (AvgIpc) is 2.50. The molecule has 20 heavy (non-hydrogen) atoms. The van der Waals surface area contributed by atoms with Gasteiger partial charge in [0, 0.05) is 37.8 Å². The van der Waals surface area contributed by atoms with Crippen LogP contribution in [-0.4, -0.2) is 49.3 Å². The predicted molar refractivity (Wildman–Crippen MR) is 87.2 cm³/mol. The lowest BCUT2D eigenvalue weighted by atomic mass is 9.84. The highest BCUT2D eigenvalue weighted by atomic mass is 16.5. The Morgan fingerprint density at radius 2 is 1.90 bits per heavy atom. The third kappa shape index (κ3) is 4.44. The SMILES string of the molecule is CCCOCCN1CC(C(C)CC)NCC1(CC)CC. The first-order valence-corrected chi connectivity index (χ1v) is 8.69. The van der Waals surface area contributed by atoms with Crippen molar-refractivity contribution in [2.75, 3.05) is 32.8 Å². The first kappa shape index (κ1) is 17.9. The molecule has 1 fully saturated rings. The molecule has 1 aliphatic heterocycles. The van der Waals surface area contributed by atoms with Gasteiger partial charge < -0.3 is 10.1 Å². The number of nitrogens with one attached hydrogen (secondary N) is 1. The van der Waals surface area contributed by atoms with E-state index in [4.69, 9.17) is 4.74 Å². The summed E-state index contributed by atoms with van der Waals surface area (Å²) in [6.07, 6.45) is 4.81. The largest absolute Gasteiger partial charge is 0.380 e. The van der Waals surface area contributed by atoms with Gasteiger partial charge in [-0.2, -0.15) is 0 Å². The molecule has 0 spiro atoms. The van der Waals surface area contributed by atoms with Crippen molar-refractivity contribution in [3.8, 4) is 0 Å². The van der Waals surface area contributed by atoms with Crippen molar-refractivity contribution in [2.45, 2.75) is 71.9 Å². The third-order valence-electron chi connectivity index (χ3n) is 5.28. The number of rotatable bonds is 9. The summed E-state index contributed by atoms with van der Waals surface area (Å²) < 4.78 is 5.73. The Morgan fingerprint density at radius 1 is 1.20 bits per heavy atom. The minimum Gasteiger partial charge on any atom is -0.380 e. The Hall–Kier alpha value is -0.120. The third-order valence-corrected chi connectivity index (χ3v) is 5.28. The standard InChI is InChI=1S/C17H36N2O/c1-6-11-20-12-10-19-13-16(15(5)7-2)18-14-17(19,8-3)9-4/h15-16,18H,6-14H2,1-5H3. The Labute approximate surface area is 126 Å². The number of nitrogens with zero attached hydrogens (tertiary/aromatic N) is 1. The molecule has 0 aromatic carbocycles. The molecule has 2 atom stereocenters. The van der Waals surface area contributed by atoms with E-state index < -0.39 is 0 Å². The van der Waals surface area contributed by atoms with Gasteiger partial charge in [0.1, 0.15) is 0 Å². The van der Waals surface area contributed by atoms with Crippen LogP contribution in [0.3, 0.4) is 0 Å². The van der Waals surface area contributed by atoms with Gasteiger partial charge in [0.25, 0.3) is 0 Å². The normalized spacial score (nSPS) is 24.8. The minimum absolute atomic E-state index is 0.333. The zero-order valence-electron chi connectivity index (χ0n) is 14.4. The molecule has 0 aromatic heterocycles. The molecule has 0 bridgehead atoms. The molecular formula is C17H36N2O. The van der Waals surface area contributed by atoms with E-state index in [1.165, 1.54) is 25.8 Å². The van der Waals surface area contributed by atoms with Crippen molar-refractivity contribution >= 4 is 0 Å². The second-order valence-corrected chi connectivity index (χ2v) is 6.36. The Balaban J connectivity index is 2.62. The van der Waals surface area contributed by atoms with Crippen LogP contribution in [0.25, 0.3) is 0 Å². The number of ether oxygens (including phenoxy) is 1. The van der Waals surface area contributed by atoms with Gasteiger partial charge in [-0.15, -0.1) is 0 Å². The lowest BCUT2D eigenvalue weighted by molar-refractivity contribution is -0.00331. The summed E-state index contributed by atoms with van der Waals surface area (Å²) in [5.41, 5.74) is 0.333. The maximum atomic E-state index is 5.73. The van der Waals surface area contributed by atoms with E-state index in [-0.39, 0.29) is 0 Å². The molecule has 1 heterocycles. The van der Waals surface area contributed by atoms with Crippen molar-refractivity contribution < 1.29 is 4.74 Å². The number of piperazine rings is 1. The van der Waals surface area contributed by atoms with Crippen molar-refractivity contribution in [1.29, 1.82) is 0 Å². The maximum absolute atomic E-state index is 5.73. The van der Waals surface area contributed by atoms with Crippen LogP contribution < -0.4 is 5.32 Å². The van der Waals surface area contributed by atoms with Crippen LogP contribution in [0.4, 0.5) is 0 Å². The lowest BCUT2D eigenvalue weighted by Gasteiger charge is -2.51. The predicted octanol–water partition coefficient (Wildman–Crippen LogP) is 3.29. The van der Waals surface area contributed by atoms with Gasteiger partial charge in [0.2, 0.25) is 0 Å². The second-order valence-electron chi connectivity index (χ2n) is 6.36. The van der Waals surface area contributed by atoms with E-state index in [0.717, 1.165) is 38.6 Å². The van der Waals surface area contributed by atoms with Crippen molar-refractivity contribution in [3.63, 3.8) is 0 Å². The zero-order valence-corrected chi connectivity index (χ0v) is 14.4. The Morgan fingerprint density at radius 3 is 2.45 bits per heavy atom. The molecule has 3 nitrogen and oxygen atoms in total. The van der Waals surface area contributed by atoms with Gasteiger partial charge in [-0.05, 0) is 25.2 Å². The Kier molecular flexibility index (Phi) is 8.08. The van der Waals surface area contributed by atoms with Crippen LogP contribution in [0.1, 0.15) is 60.3 Å². The monoisotopic (exact) mass is 284 g/mol. The molecule has 1 saturated heterocycles. The molecule has 120 valence electrons. The fourth-order valence-corrected chi connectivity index (χ4v) is 3.29. The van der Waals surface area contributed by atoms with Gasteiger partial charge in [-0.1, -0.05) is 41.0 Å². The minimum atomic E-state index is 0.333. The van der Waals surface area contributed by atoms with Gasteiger partial charge in [0.05, 0.1) is 6.61 Å². The molecular weight excluding hydrogens is 248 g/mol. The molecule has 0 radical (unpaired) electrons. The van der Waals surface area contributed by atoms with Crippen molar-refractivity contribution in [1.82, 2.24) is 10.2 Å². The summed E-state index contributed by atoms with van der Waals surface area (Å²) >= 11 is 0. The quantitative estimate of drug-likeness (QED) is 0.658. The van der Waals surface area contributed by atoms with E-state index in [0.29, 0.717) is 11.6 Å². The molecule has 0 aromatic rings. The molecule has 1 N–H and O–H groups in total. The van der Waals surface area contributed by atoms with E-state index in [1.807, 2.05) is 0 Å². The van der Waals surface area contributed by atoms with Crippen molar-refractivity contribution in [2.24, 2.45) is 5.92 Å². The zero-order chi connectivity index (χ0) is 15.0. The summed E-state index contributed by atoms with van der Waals surface area (Å²) in [4.78, 5) is 2.70. The molecule has 1 rings (SSSR count). The van der Waals surface area contributed by atoms with Crippen LogP contribution in [0.15, 0.2) is 0 Å². The van der Waals surface area contributed by atoms with Gasteiger partial charge in [-0.25, -0.2) is 0 Å². The molecule has 0 aliphatic carbocycles. The summed E-state index contributed by atoms with van der Waals surface area (Å²) in [7, 11) is 0. The van der Waals surface area contributed by atoms with E-state index in [2.05, 4.69) is 44.8 Å². The molecule has 1 aliphatic rings.